The van der Waals surface area contributed by atoms with Crippen LogP contribution < -0.4 is 4.72 Å². The summed E-state index contributed by atoms with van der Waals surface area (Å²) in [6.07, 6.45) is -0.299. The molecule has 1 saturated heterocycles. The van der Waals surface area contributed by atoms with Gasteiger partial charge in [0.1, 0.15) is 10.6 Å². The van der Waals surface area contributed by atoms with E-state index in [-0.39, 0.29) is 32.4 Å². The second kappa shape index (κ2) is 12.6. The number of carbonyl (C=O) groups is 1. The van der Waals surface area contributed by atoms with Crippen molar-refractivity contribution in [1.82, 2.24) is 23.6 Å². The Balaban J connectivity index is 1.37. The number of sulfonamides is 1. The van der Waals surface area contributed by atoms with Crippen LogP contribution >= 0.6 is 0 Å². The summed E-state index contributed by atoms with van der Waals surface area (Å²) in [6, 6.07) is 12.1. The molecular weight excluding hydrogens is 616 g/mol. The van der Waals surface area contributed by atoms with Crippen LogP contribution in [0.25, 0.3) is 22.3 Å². The van der Waals surface area contributed by atoms with Crippen LogP contribution in [0.3, 0.4) is 0 Å². The summed E-state index contributed by atoms with van der Waals surface area (Å²) in [7, 11) is -8.38. The molecule has 44 heavy (non-hydrogen) atoms. The molecule has 1 aliphatic heterocycles. The van der Waals surface area contributed by atoms with Gasteiger partial charge in [-0.25, -0.2) is 44.1 Å². The smallest absolute Gasteiger partial charge is 0.409 e. The fourth-order valence-electron chi connectivity index (χ4n) is 4.92. The Morgan fingerprint density at radius 1 is 1.00 bits per heavy atom. The first-order valence-corrected chi connectivity index (χ1v) is 16.8. The Morgan fingerprint density at radius 2 is 1.70 bits per heavy atom. The van der Waals surface area contributed by atoms with Gasteiger partial charge in [0.2, 0.25) is 10.0 Å². The summed E-state index contributed by atoms with van der Waals surface area (Å²) in [6.45, 7) is 4.88. The number of ether oxygens (including phenoxy) is 1. The zero-order valence-corrected chi connectivity index (χ0v) is 25.6. The number of nitrogens with one attached hydrogen (secondary N) is 1. The van der Waals surface area contributed by atoms with E-state index < -0.39 is 44.3 Å². The van der Waals surface area contributed by atoms with Gasteiger partial charge in [0.15, 0.2) is 5.65 Å². The van der Waals surface area contributed by atoms with Gasteiger partial charge in [0, 0.05) is 42.5 Å². The van der Waals surface area contributed by atoms with E-state index in [1.54, 1.807) is 11.0 Å². The Labute approximate surface area is 254 Å². The van der Waals surface area contributed by atoms with Gasteiger partial charge in [-0.05, 0) is 55.2 Å². The molecule has 0 aliphatic carbocycles. The number of likely N-dealkylation sites (tertiary alicyclic amines) is 1. The molecule has 1 aromatic carbocycles. The van der Waals surface area contributed by atoms with E-state index in [1.165, 1.54) is 48.7 Å². The largest absolute Gasteiger partial charge is 0.449 e. The number of pyridine rings is 2. The van der Waals surface area contributed by atoms with Gasteiger partial charge < -0.3 is 9.64 Å². The van der Waals surface area contributed by atoms with Crippen LogP contribution in [0, 0.1) is 5.92 Å². The molecule has 4 aromatic rings. The van der Waals surface area contributed by atoms with Gasteiger partial charge in [0.05, 0.1) is 17.2 Å². The molecule has 0 bridgehead atoms. The van der Waals surface area contributed by atoms with Gasteiger partial charge >= 0.3 is 6.09 Å². The molecule has 11 nitrogen and oxygen atoms in total. The Morgan fingerprint density at radius 3 is 2.32 bits per heavy atom. The van der Waals surface area contributed by atoms with Gasteiger partial charge in [-0.2, -0.15) is 0 Å². The molecule has 1 aliphatic rings. The van der Waals surface area contributed by atoms with E-state index in [1.807, 2.05) is 13.8 Å². The Bertz CT molecular complexity index is 1860. The molecule has 0 spiro atoms. The van der Waals surface area contributed by atoms with Crippen molar-refractivity contribution >= 4 is 37.2 Å². The molecule has 4 heterocycles. The number of amides is 1. The summed E-state index contributed by atoms with van der Waals surface area (Å²) in [4.78, 5) is 21.8. The zero-order valence-electron chi connectivity index (χ0n) is 23.9. The lowest BCUT2D eigenvalue weighted by molar-refractivity contribution is 0.0830. The van der Waals surface area contributed by atoms with Crippen molar-refractivity contribution in [2.45, 2.75) is 48.9 Å². The van der Waals surface area contributed by atoms with Gasteiger partial charge in [-0.1, -0.05) is 32.0 Å². The highest BCUT2D eigenvalue weighted by Gasteiger charge is 2.30. The quantitative estimate of drug-likeness (QED) is 0.273. The molecule has 234 valence electrons. The number of aromatic nitrogens is 3. The number of rotatable bonds is 9. The molecule has 1 N–H and O–H groups in total. The van der Waals surface area contributed by atoms with Crippen LogP contribution in [-0.4, -0.2) is 67.5 Å². The average molecular weight is 648 g/mol. The van der Waals surface area contributed by atoms with Crippen molar-refractivity contribution in [3.63, 3.8) is 0 Å². The van der Waals surface area contributed by atoms with Crippen molar-refractivity contribution in [2.24, 2.45) is 5.92 Å². The number of hydrogen-bond acceptors (Lipinski definition) is 8. The van der Waals surface area contributed by atoms with Crippen LogP contribution in [0.2, 0.25) is 0 Å². The number of alkyl halides is 2. The summed E-state index contributed by atoms with van der Waals surface area (Å²) in [5, 5.41) is 0.113. The number of piperidine rings is 1. The second-order valence-corrected chi connectivity index (χ2v) is 14.3. The number of carbonyl (C=O) groups excluding carboxylic acids is 1. The highest BCUT2D eigenvalue weighted by molar-refractivity contribution is 7.90. The molecule has 0 atom stereocenters. The van der Waals surface area contributed by atoms with Crippen LogP contribution in [0.4, 0.5) is 13.6 Å². The molecule has 5 rings (SSSR count). The van der Waals surface area contributed by atoms with Gasteiger partial charge in [-0.15, -0.1) is 0 Å². The van der Waals surface area contributed by atoms with Crippen molar-refractivity contribution in [1.29, 1.82) is 0 Å². The molecule has 0 radical (unpaired) electrons. The maximum atomic E-state index is 14.1. The van der Waals surface area contributed by atoms with E-state index in [9.17, 15) is 30.4 Å². The summed E-state index contributed by atoms with van der Waals surface area (Å²) in [5.41, 5.74) is -0.431. The lowest BCUT2D eigenvalue weighted by Gasteiger charge is -2.31. The van der Waals surface area contributed by atoms with Gasteiger partial charge in [-0.3, -0.25) is 4.98 Å². The van der Waals surface area contributed by atoms with Crippen molar-refractivity contribution in [3.05, 3.63) is 72.7 Å². The minimum atomic E-state index is -4.41. The maximum Gasteiger partial charge on any atom is 0.409 e. The van der Waals surface area contributed by atoms with Crippen molar-refractivity contribution in [3.8, 4) is 11.3 Å². The molecule has 0 unspecified atom stereocenters. The monoisotopic (exact) mass is 647 g/mol. The third-order valence-electron chi connectivity index (χ3n) is 7.13. The number of halogens is 2. The average Bonchev–Trinajstić information content (AvgIpc) is 3.42. The fraction of sp³-hybridized carbons (Fsp3) is 0.345. The molecule has 1 amide bonds. The second-order valence-electron chi connectivity index (χ2n) is 10.8. The summed E-state index contributed by atoms with van der Waals surface area (Å²) >= 11 is 0. The van der Waals surface area contributed by atoms with Crippen LogP contribution in [0.5, 0.6) is 0 Å². The fourth-order valence-corrected chi connectivity index (χ4v) is 7.66. The topological polar surface area (TPSA) is 141 Å². The Kier molecular flexibility index (Phi) is 9.00. The summed E-state index contributed by atoms with van der Waals surface area (Å²) < 4.78 is 89.6. The standard InChI is InChI=1S/C29H31F2N5O6S2/c1-19(2)18-42-29(37)35-14-11-20(12-15-35)34-43(38,39)22-8-9-25(33-17-22)23-10-13-32-28-24(23)16-26(27(30)31)36(28)44(40,41)21-6-4-3-5-7-21/h3-10,13,16-17,19-20,27,34H,11-12,14-15,18H2,1-2H3. The summed E-state index contributed by atoms with van der Waals surface area (Å²) in [5.74, 6) is 0.208. The van der Waals surface area contributed by atoms with Crippen LogP contribution in [0.1, 0.15) is 38.8 Å². The third-order valence-corrected chi connectivity index (χ3v) is 10.4. The number of fused-ring (bicyclic) bond motifs is 1. The first kappa shape index (κ1) is 31.5. The van der Waals surface area contributed by atoms with E-state index >= 15 is 0 Å². The predicted molar refractivity (Wildman–Crippen MR) is 158 cm³/mol. The van der Waals surface area contributed by atoms with E-state index in [4.69, 9.17) is 4.74 Å². The van der Waals surface area contributed by atoms with E-state index in [2.05, 4.69) is 14.7 Å². The van der Waals surface area contributed by atoms with E-state index in [0.29, 0.717) is 42.1 Å². The Hall–Kier alpha value is -3.95. The SMILES string of the molecule is CC(C)COC(=O)N1CCC(NS(=O)(=O)c2ccc(-c3ccnc4c3cc(C(F)F)n4S(=O)(=O)c3ccccc3)nc2)CC1. The first-order valence-electron chi connectivity index (χ1n) is 13.9. The lowest BCUT2D eigenvalue weighted by atomic mass is 10.1. The molecule has 15 heteroatoms. The number of nitrogens with zero attached hydrogens (tertiary/aromatic N) is 4. The third kappa shape index (κ3) is 6.44. The maximum absolute atomic E-state index is 14.1. The molecule has 3 aromatic heterocycles. The minimum absolute atomic E-state index is 0.109. The van der Waals surface area contributed by atoms with Crippen LogP contribution in [0.15, 0.2) is 76.8 Å². The molecular formula is C29H31F2N5O6S2. The molecule has 1 fully saturated rings. The highest BCUT2D eigenvalue weighted by atomic mass is 32.2. The normalized spacial score (nSPS) is 14.9. The first-order chi connectivity index (χ1) is 20.9. The van der Waals surface area contributed by atoms with Crippen molar-refractivity contribution in [2.75, 3.05) is 19.7 Å². The lowest BCUT2D eigenvalue weighted by Crippen LogP contribution is -2.46. The van der Waals surface area contributed by atoms with Crippen LogP contribution in [-0.2, 0) is 24.8 Å². The number of hydrogen-bond donors (Lipinski definition) is 1. The number of benzene rings is 1. The minimum Gasteiger partial charge on any atom is -0.449 e. The van der Waals surface area contributed by atoms with E-state index in [0.717, 1.165) is 12.3 Å². The highest BCUT2D eigenvalue weighted by Crippen LogP contribution is 2.35. The van der Waals surface area contributed by atoms with Crippen molar-refractivity contribution < 1.29 is 35.1 Å². The molecule has 0 saturated carbocycles. The predicted octanol–water partition coefficient (Wildman–Crippen LogP) is 4.81. The van der Waals surface area contributed by atoms with Gasteiger partial charge in [0.25, 0.3) is 16.4 Å². The zero-order chi connectivity index (χ0) is 31.6.